The molecule has 1 aliphatic carbocycles. The van der Waals surface area contributed by atoms with E-state index in [0.717, 1.165) is 42.4 Å². The molecule has 10 nitrogen and oxygen atoms in total. The number of carbonyl (C=O) groups excluding carboxylic acids is 5. The molecule has 1 saturated carbocycles. The molecule has 5 rings (SSSR count). The lowest BCUT2D eigenvalue weighted by atomic mass is 9.93. The fourth-order valence-electron chi connectivity index (χ4n) is 5.71. The first kappa shape index (κ1) is 30.3. The van der Waals surface area contributed by atoms with Crippen LogP contribution in [-0.2, 0) is 30.4 Å². The second-order valence-corrected chi connectivity index (χ2v) is 12.2. The number of ether oxygens (including phenoxy) is 4. The summed E-state index contributed by atoms with van der Waals surface area (Å²) in [5.74, 6) is -1.23. The predicted octanol–water partition coefficient (Wildman–Crippen LogP) is 5.29. The molecule has 0 radical (unpaired) electrons. The highest BCUT2D eigenvalue weighted by Gasteiger charge is 2.38. The van der Waals surface area contributed by atoms with Gasteiger partial charge < -0.3 is 18.9 Å². The van der Waals surface area contributed by atoms with Crippen molar-refractivity contribution in [1.82, 2.24) is 4.90 Å². The Morgan fingerprint density at radius 3 is 2.12 bits per heavy atom. The largest absolute Gasteiger partial charge is 0.488 e. The molecule has 3 aliphatic rings. The summed E-state index contributed by atoms with van der Waals surface area (Å²) in [7, 11) is 0. The zero-order valence-electron chi connectivity index (χ0n) is 24.8. The number of likely N-dealkylation sites (tertiary alicyclic amines) is 1. The topological polar surface area (TPSA) is 126 Å². The van der Waals surface area contributed by atoms with Crippen molar-refractivity contribution in [3.8, 4) is 16.9 Å². The van der Waals surface area contributed by atoms with E-state index in [9.17, 15) is 24.0 Å². The second kappa shape index (κ2) is 12.6. The molecule has 2 aliphatic heterocycles. The summed E-state index contributed by atoms with van der Waals surface area (Å²) in [5, 5.41) is 0. The molecule has 2 aromatic rings. The maximum atomic E-state index is 12.9. The van der Waals surface area contributed by atoms with Gasteiger partial charge in [-0.3, -0.25) is 19.3 Å². The van der Waals surface area contributed by atoms with Crippen LogP contribution in [0.25, 0.3) is 11.1 Å². The standard InChI is InChI=1S/C33H37NO9/c1-33(2,3)43-32(39)34-14-6-9-26(34)31(38)42-19-28(36)22-11-13-25-24-12-10-21(15-23(24)17-40-29(25)16-22)27(35)18-41-30(37)20-7-4-5-8-20/h10-13,15-16,20,26H,4-9,14,17-19H2,1-3H3/t26-/m0/s1. The van der Waals surface area contributed by atoms with E-state index in [1.165, 1.54) is 4.90 Å². The number of esters is 2. The summed E-state index contributed by atoms with van der Waals surface area (Å²) >= 11 is 0. The van der Waals surface area contributed by atoms with E-state index in [-0.39, 0.29) is 30.9 Å². The van der Waals surface area contributed by atoms with Crippen molar-refractivity contribution in [1.29, 1.82) is 0 Å². The molecule has 0 unspecified atom stereocenters. The number of fused-ring (bicyclic) bond motifs is 3. The van der Waals surface area contributed by atoms with Crippen LogP contribution in [0.5, 0.6) is 5.75 Å². The van der Waals surface area contributed by atoms with Crippen molar-refractivity contribution >= 4 is 29.6 Å². The van der Waals surface area contributed by atoms with Crippen LogP contribution in [0, 0.1) is 5.92 Å². The van der Waals surface area contributed by atoms with Crippen LogP contribution in [0.15, 0.2) is 36.4 Å². The summed E-state index contributed by atoms with van der Waals surface area (Å²) in [5.41, 5.74) is 2.51. The van der Waals surface area contributed by atoms with Gasteiger partial charge in [0.2, 0.25) is 0 Å². The highest BCUT2D eigenvalue weighted by atomic mass is 16.6. The fraction of sp³-hybridized carbons (Fsp3) is 0.485. The molecular formula is C33H37NO9. The van der Waals surface area contributed by atoms with Gasteiger partial charge in [0.05, 0.1) is 5.92 Å². The summed E-state index contributed by atoms with van der Waals surface area (Å²) in [6.07, 6.45) is 4.16. The summed E-state index contributed by atoms with van der Waals surface area (Å²) < 4.78 is 21.9. The number of benzene rings is 2. The van der Waals surface area contributed by atoms with E-state index >= 15 is 0 Å². The lowest BCUT2D eigenvalue weighted by molar-refractivity contribution is -0.148. The van der Waals surface area contributed by atoms with Gasteiger partial charge >= 0.3 is 18.0 Å². The maximum Gasteiger partial charge on any atom is 0.411 e. The van der Waals surface area contributed by atoms with Gasteiger partial charge in [0.25, 0.3) is 0 Å². The third kappa shape index (κ3) is 7.06. The van der Waals surface area contributed by atoms with Gasteiger partial charge in [-0.05, 0) is 75.8 Å². The molecule has 0 spiro atoms. The Labute approximate surface area is 250 Å². The molecule has 0 aromatic heterocycles. The van der Waals surface area contributed by atoms with Gasteiger partial charge in [0.15, 0.2) is 24.8 Å². The molecule has 2 fully saturated rings. The minimum atomic E-state index is -0.790. The van der Waals surface area contributed by atoms with Crippen LogP contribution < -0.4 is 4.74 Å². The Morgan fingerprint density at radius 1 is 0.814 bits per heavy atom. The third-order valence-corrected chi connectivity index (χ3v) is 7.94. The zero-order valence-corrected chi connectivity index (χ0v) is 24.8. The molecule has 0 bridgehead atoms. The lowest BCUT2D eigenvalue weighted by Crippen LogP contribution is -2.44. The molecule has 228 valence electrons. The normalized spacial score (nSPS) is 17.8. The van der Waals surface area contributed by atoms with Gasteiger partial charge in [-0.1, -0.05) is 31.0 Å². The maximum absolute atomic E-state index is 12.9. The molecule has 0 N–H and O–H groups in total. The molecule has 1 saturated heterocycles. The molecular weight excluding hydrogens is 554 g/mol. The quantitative estimate of drug-likeness (QED) is 0.229. The predicted molar refractivity (Wildman–Crippen MR) is 155 cm³/mol. The van der Waals surface area contributed by atoms with Gasteiger partial charge in [-0.25, -0.2) is 9.59 Å². The van der Waals surface area contributed by atoms with E-state index in [0.29, 0.717) is 36.3 Å². The number of hydrogen-bond acceptors (Lipinski definition) is 9. The smallest absolute Gasteiger partial charge is 0.411 e. The third-order valence-electron chi connectivity index (χ3n) is 7.94. The Morgan fingerprint density at radius 2 is 1.44 bits per heavy atom. The minimum Gasteiger partial charge on any atom is -0.488 e. The van der Waals surface area contributed by atoms with Crippen molar-refractivity contribution in [2.75, 3.05) is 19.8 Å². The van der Waals surface area contributed by atoms with Crippen molar-refractivity contribution in [2.45, 2.75) is 77.5 Å². The first-order chi connectivity index (χ1) is 20.5. The van der Waals surface area contributed by atoms with E-state index in [4.69, 9.17) is 18.9 Å². The zero-order chi connectivity index (χ0) is 30.7. The highest BCUT2D eigenvalue weighted by Crippen LogP contribution is 2.38. The average molecular weight is 592 g/mol. The van der Waals surface area contributed by atoms with Gasteiger partial charge in [0, 0.05) is 23.2 Å². The fourth-order valence-corrected chi connectivity index (χ4v) is 5.71. The van der Waals surface area contributed by atoms with Gasteiger partial charge in [0.1, 0.15) is 24.0 Å². The number of rotatable bonds is 8. The van der Waals surface area contributed by atoms with Crippen LogP contribution in [0.4, 0.5) is 4.79 Å². The molecule has 1 atom stereocenters. The van der Waals surface area contributed by atoms with Gasteiger partial charge in [-0.15, -0.1) is 0 Å². The average Bonchev–Trinajstić information content (AvgIpc) is 3.70. The molecule has 2 aromatic carbocycles. The van der Waals surface area contributed by atoms with E-state index < -0.39 is 36.1 Å². The van der Waals surface area contributed by atoms with Crippen LogP contribution >= 0.6 is 0 Å². The van der Waals surface area contributed by atoms with Crippen molar-refractivity contribution in [3.63, 3.8) is 0 Å². The number of Topliss-reactive ketones (excluding diaryl/α,β-unsaturated/α-hetero) is 2. The van der Waals surface area contributed by atoms with E-state index in [1.807, 2.05) is 6.07 Å². The van der Waals surface area contributed by atoms with Crippen LogP contribution in [0.3, 0.4) is 0 Å². The monoisotopic (exact) mass is 591 g/mol. The molecule has 2 heterocycles. The number of amides is 1. The first-order valence-electron chi connectivity index (χ1n) is 14.8. The van der Waals surface area contributed by atoms with E-state index in [2.05, 4.69) is 0 Å². The van der Waals surface area contributed by atoms with E-state index in [1.54, 1.807) is 51.1 Å². The lowest BCUT2D eigenvalue weighted by Gasteiger charge is -2.27. The van der Waals surface area contributed by atoms with Crippen LogP contribution in [-0.4, -0.2) is 65.9 Å². The van der Waals surface area contributed by atoms with Crippen molar-refractivity contribution < 1.29 is 42.9 Å². The number of ketones is 2. The second-order valence-electron chi connectivity index (χ2n) is 12.2. The minimum absolute atomic E-state index is 0.105. The van der Waals surface area contributed by atoms with Gasteiger partial charge in [-0.2, -0.15) is 0 Å². The highest BCUT2D eigenvalue weighted by molar-refractivity contribution is 6.00. The molecule has 10 heteroatoms. The Bertz CT molecular complexity index is 1430. The number of nitrogens with zero attached hydrogens (tertiary/aromatic N) is 1. The number of carbonyl (C=O) groups is 5. The van der Waals surface area contributed by atoms with Crippen LogP contribution in [0.1, 0.15) is 85.6 Å². The Balaban J connectivity index is 1.18. The Kier molecular flexibility index (Phi) is 8.84. The SMILES string of the molecule is CC(C)(C)OC(=O)N1CCC[C@H]1C(=O)OCC(=O)c1ccc2c(c1)OCc1cc(C(=O)COC(=O)C3CCCC3)ccc1-2. The van der Waals surface area contributed by atoms with Crippen molar-refractivity contribution in [3.05, 3.63) is 53.1 Å². The first-order valence-corrected chi connectivity index (χ1v) is 14.8. The van der Waals surface area contributed by atoms with Crippen molar-refractivity contribution in [2.24, 2.45) is 5.92 Å². The summed E-state index contributed by atoms with van der Waals surface area (Å²) in [4.78, 5) is 64.4. The Hall–Kier alpha value is -4.21. The summed E-state index contributed by atoms with van der Waals surface area (Å²) in [6.45, 7) is 5.08. The molecule has 43 heavy (non-hydrogen) atoms. The van der Waals surface area contributed by atoms with Crippen LogP contribution in [0.2, 0.25) is 0 Å². The molecule has 1 amide bonds. The number of hydrogen-bond donors (Lipinski definition) is 0. The summed E-state index contributed by atoms with van der Waals surface area (Å²) in [6, 6.07) is 9.48.